The van der Waals surface area contributed by atoms with Crippen molar-refractivity contribution < 1.29 is 14.3 Å². The third-order valence-corrected chi connectivity index (χ3v) is 3.53. The second kappa shape index (κ2) is 5.21. The predicted octanol–water partition coefficient (Wildman–Crippen LogP) is 2.76. The van der Waals surface area contributed by atoms with Gasteiger partial charge in [0, 0.05) is 0 Å². The standard InChI is InChI=1S/C14H22O3/c1-9(2)8-16-10(3)17-14(15)13-7-11-4-5-12(13)6-11/h4-5,9-13H,6-8H2,1-3H3. The van der Waals surface area contributed by atoms with Crippen LogP contribution in [0.4, 0.5) is 0 Å². The Balaban J connectivity index is 1.75. The van der Waals surface area contributed by atoms with Crippen molar-refractivity contribution in [3.63, 3.8) is 0 Å². The topological polar surface area (TPSA) is 35.5 Å². The Morgan fingerprint density at radius 1 is 1.29 bits per heavy atom. The fraction of sp³-hybridized carbons (Fsp3) is 0.786. The van der Waals surface area contributed by atoms with Crippen molar-refractivity contribution in [2.24, 2.45) is 23.7 Å². The molecule has 0 spiro atoms. The highest BCUT2D eigenvalue weighted by Crippen LogP contribution is 2.43. The molecule has 0 heterocycles. The molecular weight excluding hydrogens is 216 g/mol. The average molecular weight is 238 g/mol. The lowest BCUT2D eigenvalue weighted by atomic mass is 9.94. The predicted molar refractivity (Wildman–Crippen MR) is 65.2 cm³/mol. The molecule has 2 aliphatic carbocycles. The molecule has 0 aliphatic heterocycles. The maximum atomic E-state index is 12.0. The van der Waals surface area contributed by atoms with Crippen molar-refractivity contribution in [1.82, 2.24) is 0 Å². The molecular formula is C14H22O3. The second-order valence-corrected chi connectivity index (χ2v) is 5.62. The highest BCUT2D eigenvalue weighted by atomic mass is 16.7. The third kappa shape index (κ3) is 3.09. The van der Waals surface area contributed by atoms with Gasteiger partial charge in [-0.3, -0.25) is 4.79 Å². The van der Waals surface area contributed by atoms with Crippen LogP contribution in [0.3, 0.4) is 0 Å². The molecule has 1 saturated carbocycles. The molecule has 17 heavy (non-hydrogen) atoms. The number of hydrogen-bond acceptors (Lipinski definition) is 3. The zero-order valence-corrected chi connectivity index (χ0v) is 10.9. The van der Waals surface area contributed by atoms with Crippen molar-refractivity contribution in [1.29, 1.82) is 0 Å². The molecule has 4 atom stereocenters. The van der Waals surface area contributed by atoms with Crippen LogP contribution in [0.2, 0.25) is 0 Å². The maximum Gasteiger partial charge on any atom is 0.311 e. The molecule has 0 amide bonds. The third-order valence-electron chi connectivity index (χ3n) is 3.53. The first-order chi connectivity index (χ1) is 8.06. The van der Waals surface area contributed by atoms with Gasteiger partial charge < -0.3 is 9.47 Å². The summed E-state index contributed by atoms with van der Waals surface area (Å²) in [6, 6.07) is 0. The van der Waals surface area contributed by atoms with E-state index in [0.717, 1.165) is 12.8 Å². The fourth-order valence-electron chi connectivity index (χ4n) is 2.66. The van der Waals surface area contributed by atoms with Crippen LogP contribution in [0.1, 0.15) is 33.6 Å². The van der Waals surface area contributed by atoms with E-state index in [2.05, 4.69) is 26.0 Å². The number of carbonyl (C=O) groups excluding carboxylic acids is 1. The van der Waals surface area contributed by atoms with Crippen molar-refractivity contribution in [3.8, 4) is 0 Å². The van der Waals surface area contributed by atoms with E-state index in [4.69, 9.17) is 9.47 Å². The van der Waals surface area contributed by atoms with Gasteiger partial charge in [-0.15, -0.1) is 0 Å². The lowest BCUT2D eigenvalue weighted by Crippen LogP contribution is -2.27. The molecule has 4 unspecified atom stereocenters. The summed E-state index contributed by atoms with van der Waals surface area (Å²) in [4.78, 5) is 12.0. The van der Waals surface area contributed by atoms with Crippen molar-refractivity contribution >= 4 is 5.97 Å². The molecule has 0 radical (unpaired) electrons. The van der Waals surface area contributed by atoms with Crippen molar-refractivity contribution in [2.45, 2.75) is 39.9 Å². The van der Waals surface area contributed by atoms with E-state index >= 15 is 0 Å². The highest BCUT2D eigenvalue weighted by Gasteiger charge is 2.41. The lowest BCUT2D eigenvalue weighted by Gasteiger charge is -2.21. The number of esters is 1. The SMILES string of the molecule is CC(C)COC(C)OC(=O)C1CC2C=CC1C2. The van der Waals surface area contributed by atoms with Gasteiger partial charge >= 0.3 is 5.97 Å². The summed E-state index contributed by atoms with van der Waals surface area (Å²) in [5.41, 5.74) is 0. The minimum Gasteiger partial charge on any atom is -0.436 e. The lowest BCUT2D eigenvalue weighted by molar-refractivity contribution is -0.182. The van der Waals surface area contributed by atoms with Crippen LogP contribution >= 0.6 is 0 Å². The largest absolute Gasteiger partial charge is 0.436 e. The van der Waals surface area contributed by atoms with Crippen LogP contribution in [-0.4, -0.2) is 18.9 Å². The summed E-state index contributed by atoms with van der Waals surface area (Å²) in [7, 11) is 0. The van der Waals surface area contributed by atoms with E-state index < -0.39 is 6.29 Å². The Morgan fingerprint density at radius 3 is 2.59 bits per heavy atom. The molecule has 96 valence electrons. The normalized spacial score (nSPS) is 32.1. The Bertz CT molecular complexity index is 309. The Labute approximate surface area is 103 Å². The minimum absolute atomic E-state index is 0.0649. The number of carbonyl (C=O) groups is 1. The van der Waals surface area contributed by atoms with Gasteiger partial charge in [-0.2, -0.15) is 0 Å². The van der Waals surface area contributed by atoms with Crippen LogP contribution in [0.25, 0.3) is 0 Å². The maximum absolute atomic E-state index is 12.0. The van der Waals surface area contributed by atoms with Crippen molar-refractivity contribution in [2.75, 3.05) is 6.61 Å². The molecule has 2 rings (SSSR count). The molecule has 0 saturated heterocycles. The van der Waals surface area contributed by atoms with Gasteiger partial charge in [0.25, 0.3) is 0 Å². The quantitative estimate of drug-likeness (QED) is 0.420. The first-order valence-electron chi connectivity index (χ1n) is 6.56. The second-order valence-electron chi connectivity index (χ2n) is 5.62. The summed E-state index contributed by atoms with van der Waals surface area (Å²) in [5.74, 6) is 1.45. The number of hydrogen-bond donors (Lipinski definition) is 0. The monoisotopic (exact) mass is 238 g/mol. The molecule has 0 aromatic rings. The van der Waals surface area contributed by atoms with E-state index in [-0.39, 0.29) is 11.9 Å². The van der Waals surface area contributed by atoms with Crippen LogP contribution < -0.4 is 0 Å². The molecule has 3 nitrogen and oxygen atoms in total. The number of fused-ring (bicyclic) bond motifs is 2. The van der Waals surface area contributed by atoms with Crippen LogP contribution in [0, 0.1) is 23.7 Å². The Kier molecular flexibility index (Phi) is 3.87. The van der Waals surface area contributed by atoms with Gasteiger partial charge in [-0.25, -0.2) is 0 Å². The molecule has 0 aromatic heterocycles. The molecule has 2 aliphatic rings. The van der Waals surface area contributed by atoms with Gasteiger partial charge in [0.15, 0.2) is 6.29 Å². The van der Waals surface area contributed by atoms with E-state index in [1.54, 1.807) is 6.92 Å². The summed E-state index contributed by atoms with van der Waals surface area (Å²) in [6.07, 6.45) is 6.05. The Hall–Kier alpha value is -0.830. The highest BCUT2D eigenvalue weighted by molar-refractivity contribution is 5.74. The van der Waals surface area contributed by atoms with Crippen LogP contribution in [-0.2, 0) is 14.3 Å². The first-order valence-corrected chi connectivity index (χ1v) is 6.56. The summed E-state index contributed by atoms with van der Waals surface area (Å²) in [5, 5.41) is 0. The van der Waals surface area contributed by atoms with Gasteiger partial charge in [-0.05, 0) is 37.5 Å². The number of allylic oxidation sites excluding steroid dienone is 2. The molecule has 3 heteroatoms. The van der Waals surface area contributed by atoms with Crippen LogP contribution in [0.5, 0.6) is 0 Å². The zero-order chi connectivity index (χ0) is 12.4. The first kappa shape index (κ1) is 12.6. The zero-order valence-electron chi connectivity index (χ0n) is 10.9. The summed E-state index contributed by atoms with van der Waals surface area (Å²) < 4.78 is 10.8. The van der Waals surface area contributed by atoms with E-state index in [1.165, 1.54) is 0 Å². The van der Waals surface area contributed by atoms with E-state index in [9.17, 15) is 4.79 Å². The average Bonchev–Trinajstić information content (AvgIpc) is 2.87. The van der Waals surface area contributed by atoms with Crippen LogP contribution in [0.15, 0.2) is 12.2 Å². The minimum atomic E-state index is -0.423. The van der Waals surface area contributed by atoms with Gasteiger partial charge in [-0.1, -0.05) is 26.0 Å². The van der Waals surface area contributed by atoms with Gasteiger partial charge in [0.1, 0.15) is 0 Å². The van der Waals surface area contributed by atoms with Gasteiger partial charge in [0.2, 0.25) is 0 Å². The Morgan fingerprint density at radius 2 is 2.06 bits per heavy atom. The number of ether oxygens (including phenoxy) is 2. The summed E-state index contributed by atoms with van der Waals surface area (Å²) in [6.45, 7) is 6.58. The van der Waals surface area contributed by atoms with E-state index in [0.29, 0.717) is 24.4 Å². The van der Waals surface area contributed by atoms with E-state index in [1.807, 2.05) is 0 Å². The van der Waals surface area contributed by atoms with Gasteiger partial charge in [0.05, 0.1) is 12.5 Å². The van der Waals surface area contributed by atoms with Crippen molar-refractivity contribution in [3.05, 3.63) is 12.2 Å². The summed E-state index contributed by atoms with van der Waals surface area (Å²) >= 11 is 0. The molecule has 0 aromatic carbocycles. The number of rotatable bonds is 5. The smallest absolute Gasteiger partial charge is 0.311 e. The molecule has 0 N–H and O–H groups in total. The molecule has 1 fully saturated rings. The fourth-order valence-corrected chi connectivity index (χ4v) is 2.66. The molecule has 2 bridgehead atoms.